The van der Waals surface area contributed by atoms with E-state index in [0.717, 1.165) is 0 Å². The van der Waals surface area contributed by atoms with Crippen LogP contribution in [0.5, 0.6) is 0 Å². The van der Waals surface area contributed by atoms with Gasteiger partial charge in [0.2, 0.25) is 6.73 Å². The zero-order chi connectivity index (χ0) is 24.3. The molecule has 0 atom stereocenters. The summed E-state index contributed by atoms with van der Waals surface area (Å²) < 4.78 is 50.3. The average Bonchev–Trinajstić information content (AvgIpc) is 3.24. The molecule has 0 saturated heterocycles. The van der Waals surface area contributed by atoms with E-state index in [1.165, 1.54) is 41.2 Å². The quantitative estimate of drug-likeness (QED) is 0.216. The van der Waals surface area contributed by atoms with Crippen LogP contribution in [0.15, 0.2) is 65.4 Å². The molecule has 0 aliphatic carbocycles. The zero-order valence-electron chi connectivity index (χ0n) is 17.4. The molecule has 10 nitrogen and oxygen atoms in total. The maximum absolute atomic E-state index is 14.5. The highest BCUT2D eigenvalue weighted by atomic mass is 31.2. The lowest BCUT2D eigenvalue weighted by Crippen LogP contribution is -2.38. The van der Waals surface area contributed by atoms with Gasteiger partial charge in [-0.2, -0.15) is 0 Å². The minimum absolute atomic E-state index is 0.103. The van der Waals surface area contributed by atoms with Gasteiger partial charge >= 0.3 is 7.82 Å². The van der Waals surface area contributed by atoms with Crippen molar-refractivity contribution in [2.75, 3.05) is 11.1 Å². The van der Waals surface area contributed by atoms with Crippen LogP contribution in [0.25, 0.3) is 11.3 Å². The predicted octanol–water partition coefficient (Wildman–Crippen LogP) is 3.29. The van der Waals surface area contributed by atoms with Gasteiger partial charge in [0.25, 0.3) is 5.82 Å². The molecule has 176 valence electrons. The van der Waals surface area contributed by atoms with Crippen molar-refractivity contribution in [3.8, 4) is 11.3 Å². The molecule has 3 aromatic heterocycles. The number of rotatable bonds is 8. The highest BCUT2D eigenvalue weighted by Gasteiger charge is 2.21. The number of nitrogen functional groups attached to an aromatic ring is 1. The second-order valence-electron chi connectivity index (χ2n) is 7.16. The van der Waals surface area contributed by atoms with E-state index in [-0.39, 0.29) is 23.7 Å². The summed E-state index contributed by atoms with van der Waals surface area (Å²) in [5.41, 5.74) is 7.56. The van der Waals surface area contributed by atoms with Crippen molar-refractivity contribution in [1.82, 2.24) is 10.1 Å². The maximum atomic E-state index is 14.5. The summed E-state index contributed by atoms with van der Waals surface area (Å²) in [6, 6.07) is 12.0. The van der Waals surface area contributed by atoms with Crippen LogP contribution in [-0.4, -0.2) is 19.9 Å². The number of hydrogen-bond acceptors (Lipinski definition) is 7. The third-order valence-electron chi connectivity index (χ3n) is 4.71. The number of phosphoric acid groups is 1. The number of hydrogen-bond donors (Lipinski definition) is 4. The molecule has 13 heteroatoms. The summed E-state index contributed by atoms with van der Waals surface area (Å²) in [6.45, 7) is -0.469. The largest absolute Gasteiger partial charge is 0.472 e. The first-order valence-electron chi connectivity index (χ1n) is 9.79. The maximum Gasteiger partial charge on any atom is 0.472 e. The molecule has 0 bridgehead atoms. The SMILES string of the molecule is Nc1c(-c2cc(Cc3cnc(Nc4ccccc4F)c(F)c3)no2)ccc[n+]1COP(=O)(O)O. The summed E-state index contributed by atoms with van der Waals surface area (Å²) in [6.07, 6.45) is 3.11. The lowest BCUT2D eigenvalue weighted by Gasteiger charge is -2.08. The van der Waals surface area contributed by atoms with Gasteiger partial charge < -0.3 is 19.6 Å². The average molecular weight is 490 g/mol. The minimum atomic E-state index is -4.67. The fraction of sp³-hybridized carbons (Fsp3) is 0.0952. The van der Waals surface area contributed by atoms with Crippen LogP contribution in [0.2, 0.25) is 0 Å². The van der Waals surface area contributed by atoms with E-state index >= 15 is 0 Å². The number of aromatic nitrogens is 3. The molecule has 4 rings (SSSR count). The number of phosphoric ester groups is 1. The van der Waals surface area contributed by atoms with E-state index in [2.05, 4.69) is 20.0 Å². The van der Waals surface area contributed by atoms with Crippen LogP contribution in [0.3, 0.4) is 0 Å². The van der Waals surface area contributed by atoms with Gasteiger partial charge in [0.05, 0.1) is 17.6 Å². The number of nitrogens with zero attached hydrogens (tertiary/aromatic N) is 3. The Morgan fingerprint density at radius 3 is 2.68 bits per heavy atom. The molecule has 0 saturated carbocycles. The highest BCUT2D eigenvalue weighted by Crippen LogP contribution is 2.35. The van der Waals surface area contributed by atoms with Crippen LogP contribution in [0, 0.1) is 11.6 Å². The van der Waals surface area contributed by atoms with Gasteiger partial charge in [-0.1, -0.05) is 17.3 Å². The molecular formula is C21H19F2N5O5P+. The molecule has 1 aromatic carbocycles. The van der Waals surface area contributed by atoms with Gasteiger partial charge in [0.15, 0.2) is 17.4 Å². The Hall–Kier alpha value is -3.70. The number of para-hydroxylation sites is 1. The Balaban J connectivity index is 1.49. The minimum Gasteiger partial charge on any atom is -0.356 e. The van der Waals surface area contributed by atoms with Gasteiger partial charge in [-0.25, -0.2) is 27.4 Å². The second-order valence-corrected chi connectivity index (χ2v) is 8.40. The number of benzene rings is 1. The Kier molecular flexibility index (Phi) is 6.66. The Morgan fingerprint density at radius 2 is 1.94 bits per heavy atom. The lowest BCUT2D eigenvalue weighted by molar-refractivity contribution is -0.711. The van der Waals surface area contributed by atoms with Crippen LogP contribution >= 0.6 is 7.82 Å². The lowest BCUT2D eigenvalue weighted by atomic mass is 10.1. The molecule has 4 aromatic rings. The monoisotopic (exact) mass is 490 g/mol. The van der Waals surface area contributed by atoms with Crippen LogP contribution in [0.4, 0.5) is 26.1 Å². The van der Waals surface area contributed by atoms with E-state index < -0.39 is 26.2 Å². The third kappa shape index (κ3) is 5.61. The molecule has 0 aliphatic rings. The van der Waals surface area contributed by atoms with Crippen molar-refractivity contribution in [2.24, 2.45) is 0 Å². The van der Waals surface area contributed by atoms with E-state index in [1.54, 1.807) is 24.3 Å². The number of pyridine rings is 2. The molecule has 0 spiro atoms. The summed E-state index contributed by atoms with van der Waals surface area (Å²) in [4.78, 5) is 21.8. The Labute approximate surface area is 191 Å². The molecule has 0 radical (unpaired) electrons. The van der Waals surface area contributed by atoms with Gasteiger partial charge in [0.1, 0.15) is 11.4 Å². The van der Waals surface area contributed by atoms with E-state index in [0.29, 0.717) is 22.6 Å². The molecule has 0 amide bonds. The number of anilines is 3. The predicted molar refractivity (Wildman–Crippen MR) is 116 cm³/mol. The fourth-order valence-electron chi connectivity index (χ4n) is 3.11. The molecule has 0 aliphatic heterocycles. The number of nitrogens with two attached hydrogens (primary N) is 1. The van der Waals surface area contributed by atoms with Crippen molar-refractivity contribution >= 4 is 25.1 Å². The second kappa shape index (κ2) is 9.65. The van der Waals surface area contributed by atoms with E-state index in [9.17, 15) is 13.3 Å². The molecule has 0 unspecified atom stereocenters. The topological polar surface area (TPSA) is 148 Å². The van der Waals surface area contributed by atoms with E-state index in [1.807, 2.05) is 0 Å². The fourth-order valence-corrected chi connectivity index (χ4v) is 3.38. The first-order chi connectivity index (χ1) is 16.2. The van der Waals surface area contributed by atoms with Crippen LogP contribution in [-0.2, 0) is 22.2 Å². The summed E-state index contributed by atoms with van der Waals surface area (Å²) in [7, 11) is -4.67. The summed E-state index contributed by atoms with van der Waals surface area (Å²) in [5.74, 6) is -0.881. The molecule has 0 fully saturated rings. The first kappa shape index (κ1) is 23.5. The summed E-state index contributed by atoms with van der Waals surface area (Å²) >= 11 is 0. The molecule has 3 heterocycles. The van der Waals surface area contributed by atoms with Crippen LogP contribution < -0.4 is 15.6 Å². The van der Waals surface area contributed by atoms with Gasteiger partial charge in [-0.3, -0.25) is 5.73 Å². The molecule has 34 heavy (non-hydrogen) atoms. The van der Waals surface area contributed by atoms with Crippen LogP contribution in [0.1, 0.15) is 11.3 Å². The van der Waals surface area contributed by atoms with Gasteiger partial charge in [-0.05, 0) is 35.9 Å². The van der Waals surface area contributed by atoms with E-state index in [4.69, 9.17) is 20.0 Å². The highest BCUT2D eigenvalue weighted by molar-refractivity contribution is 7.46. The summed E-state index contributed by atoms with van der Waals surface area (Å²) in [5, 5.41) is 6.58. The number of nitrogens with one attached hydrogen (secondary N) is 1. The Morgan fingerprint density at radius 1 is 1.15 bits per heavy atom. The van der Waals surface area contributed by atoms with Crippen molar-refractivity contribution in [2.45, 2.75) is 13.2 Å². The zero-order valence-corrected chi connectivity index (χ0v) is 18.3. The molecule has 5 N–H and O–H groups in total. The first-order valence-corrected chi connectivity index (χ1v) is 11.3. The van der Waals surface area contributed by atoms with Crippen molar-refractivity contribution in [3.05, 3.63) is 83.8 Å². The number of halogens is 2. The normalized spacial score (nSPS) is 11.5. The smallest absolute Gasteiger partial charge is 0.356 e. The van der Waals surface area contributed by atoms with Gasteiger partial charge in [-0.15, -0.1) is 0 Å². The van der Waals surface area contributed by atoms with Gasteiger partial charge in [0, 0.05) is 18.7 Å². The standard InChI is InChI=1S/C21H18F2N5O5P/c22-16-5-1-2-6-18(16)26-21-17(23)9-13(11-25-21)8-14-10-19(33-27-14)15-4-3-7-28(20(15)24)12-32-34(29,30)31/h1-7,9-11,24H,8,12H2,(H3,25,26,29,30,31)/p+1. The third-order valence-corrected chi connectivity index (χ3v) is 5.17. The van der Waals surface area contributed by atoms with Crippen molar-refractivity contribution in [3.63, 3.8) is 0 Å². The van der Waals surface area contributed by atoms with Crippen molar-refractivity contribution < 1.29 is 36.7 Å². The Bertz CT molecular complexity index is 1380. The van der Waals surface area contributed by atoms with Crippen molar-refractivity contribution in [1.29, 1.82) is 0 Å². The molecular weight excluding hydrogens is 471 g/mol.